The quantitative estimate of drug-likeness (QED) is 0.893. The van der Waals surface area contributed by atoms with Crippen LogP contribution in [0.25, 0.3) is 0 Å². The molecule has 1 fully saturated rings. The van der Waals surface area contributed by atoms with Crippen molar-refractivity contribution in [2.24, 2.45) is 11.7 Å². The van der Waals surface area contributed by atoms with E-state index in [4.69, 9.17) is 17.3 Å². The fraction of sp³-hybridized carbons (Fsp3) is 0.571. The monoisotopic (exact) mass is 252 g/mol. The van der Waals surface area contributed by atoms with Crippen molar-refractivity contribution in [1.82, 2.24) is 4.90 Å². The van der Waals surface area contributed by atoms with E-state index in [2.05, 4.69) is 17.0 Å². The maximum Gasteiger partial charge on any atom is 0.0406 e. The van der Waals surface area contributed by atoms with Gasteiger partial charge in [-0.2, -0.15) is 0 Å². The third kappa shape index (κ3) is 3.98. The van der Waals surface area contributed by atoms with Crippen LogP contribution in [0.3, 0.4) is 0 Å². The molecule has 0 spiro atoms. The molecular weight excluding hydrogens is 232 g/mol. The number of hydrogen-bond donors (Lipinski definition) is 1. The Hall–Kier alpha value is -0.570. The first-order chi connectivity index (χ1) is 8.28. The van der Waals surface area contributed by atoms with Crippen molar-refractivity contribution in [2.75, 3.05) is 19.6 Å². The van der Waals surface area contributed by atoms with Crippen molar-refractivity contribution in [2.45, 2.75) is 25.8 Å². The fourth-order valence-electron chi connectivity index (χ4n) is 2.61. The van der Waals surface area contributed by atoms with Gasteiger partial charge in [0.15, 0.2) is 0 Å². The van der Waals surface area contributed by atoms with Gasteiger partial charge >= 0.3 is 0 Å². The lowest BCUT2D eigenvalue weighted by Gasteiger charge is -2.32. The third-order valence-electron chi connectivity index (χ3n) is 3.50. The second-order valence-corrected chi connectivity index (χ2v) is 5.38. The largest absolute Gasteiger partial charge is 0.330 e. The zero-order chi connectivity index (χ0) is 12.1. The molecule has 1 saturated heterocycles. The minimum Gasteiger partial charge on any atom is -0.330 e. The van der Waals surface area contributed by atoms with Gasteiger partial charge in [-0.15, -0.1) is 0 Å². The van der Waals surface area contributed by atoms with Gasteiger partial charge in [-0.3, -0.25) is 4.90 Å². The summed E-state index contributed by atoms with van der Waals surface area (Å²) in [5.41, 5.74) is 6.99. The lowest BCUT2D eigenvalue weighted by atomic mass is 9.94. The van der Waals surface area contributed by atoms with E-state index in [1.54, 1.807) is 0 Å². The van der Waals surface area contributed by atoms with E-state index in [1.165, 1.54) is 31.5 Å². The van der Waals surface area contributed by atoms with Gasteiger partial charge in [0, 0.05) is 18.1 Å². The molecule has 1 aromatic carbocycles. The number of nitrogens with two attached hydrogens (primary N) is 1. The molecule has 0 radical (unpaired) electrons. The molecule has 17 heavy (non-hydrogen) atoms. The summed E-state index contributed by atoms with van der Waals surface area (Å²) in [6.45, 7) is 4.27. The number of piperidine rings is 1. The molecule has 1 aliphatic heterocycles. The molecule has 0 bridgehead atoms. The highest BCUT2D eigenvalue weighted by molar-refractivity contribution is 6.30. The topological polar surface area (TPSA) is 29.3 Å². The van der Waals surface area contributed by atoms with Crippen molar-refractivity contribution in [1.29, 1.82) is 0 Å². The summed E-state index contributed by atoms with van der Waals surface area (Å²) in [6, 6.07) is 8.18. The lowest BCUT2D eigenvalue weighted by Crippen LogP contribution is -2.35. The molecule has 1 unspecified atom stereocenters. The van der Waals surface area contributed by atoms with E-state index >= 15 is 0 Å². The minimum absolute atomic E-state index is 0.793. The molecule has 0 aromatic heterocycles. The first kappa shape index (κ1) is 12.9. The Morgan fingerprint density at radius 3 is 2.76 bits per heavy atom. The van der Waals surface area contributed by atoms with Crippen LogP contribution in [0.15, 0.2) is 24.3 Å². The summed E-state index contributed by atoms with van der Waals surface area (Å²) < 4.78 is 0. The number of hydrogen-bond acceptors (Lipinski definition) is 2. The van der Waals surface area contributed by atoms with E-state index in [9.17, 15) is 0 Å². The van der Waals surface area contributed by atoms with Crippen molar-refractivity contribution in [3.63, 3.8) is 0 Å². The Bertz CT molecular complexity index is 335. The first-order valence-corrected chi connectivity index (χ1v) is 6.82. The van der Waals surface area contributed by atoms with Crippen molar-refractivity contribution < 1.29 is 0 Å². The Balaban J connectivity index is 1.87. The highest BCUT2D eigenvalue weighted by Gasteiger charge is 2.18. The second-order valence-electron chi connectivity index (χ2n) is 4.95. The molecule has 0 aliphatic carbocycles. The normalized spacial score (nSPS) is 21.6. The number of nitrogens with zero attached hydrogens (tertiary/aromatic N) is 1. The molecule has 94 valence electrons. The summed E-state index contributed by atoms with van der Waals surface area (Å²) in [5.74, 6) is 0.793. The Morgan fingerprint density at radius 1 is 1.29 bits per heavy atom. The maximum absolute atomic E-state index is 5.89. The maximum atomic E-state index is 5.89. The molecule has 0 saturated carbocycles. The van der Waals surface area contributed by atoms with Crippen LogP contribution in [0.1, 0.15) is 24.8 Å². The summed E-state index contributed by atoms with van der Waals surface area (Å²) in [4.78, 5) is 2.53. The van der Waals surface area contributed by atoms with Crippen molar-refractivity contribution in [3.05, 3.63) is 34.9 Å². The second kappa shape index (κ2) is 6.39. The number of likely N-dealkylation sites (tertiary alicyclic amines) is 1. The molecular formula is C14H21ClN2. The van der Waals surface area contributed by atoms with Crippen LogP contribution in [0.2, 0.25) is 5.02 Å². The molecule has 1 aromatic rings. The van der Waals surface area contributed by atoms with Crippen LogP contribution in [-0.2, 0) is 6.54 Å². The minimum atomic E-state index is 0.793. The van der Waals surface area contributed by atoms with Crippen LogP contribution in [0, 0.1) is 5.92 Å². The van der Waals surface area contributed by atoms with Crippen LogP contribution in [-0.4, -0.2) is 24.5 Å². The van der Waals surface area contributed by atoms with Gasteiger partial charge in [-0.25, -0.2) is 0 Å². The Kier molecular flexibility index (Phi) is 4.84. The number of benzene rings is 1. The molecule has 2 nitrogen and oxygen atoms in total. The fourth-order valence-corrected chi connectivity index (χ4v) is 2.74. The van der Waals surface area contributed by atoms with E-state index in [1.807, 2.05) is 12.1 Å². The van der Waals surface area contributed by atoms with Crippen LogP contribution in [0.5, 0.6) is 0 Å². The summed E-state index contributed by atoms with van der Waals surface area (Å²) in [7, 11) is 0. The van der Waals surface area contributed by atoms with Crippen LogP contribution < -0.4 is 5.73 Å². The van der Waals surface area contributed by atoms with Crippen molar-refractivity contribution in [3.8, 4) is 0 Å². The first-order valence-electron chi connectivity index (χ1n) is 6.45. The van der Waals surface area contributed by atoms with E-state index < -0.39 is 0 Å². The number of rotatable bonds is 4. The zero-order valence-electron chi connectivity index (χ0n) is 10.2. The van der Waals surface area contributed by atoms with Crippen molar-refractivity contribution >= 4 is 11.6 Å². The van der Waals surface area contributed by atoms with E-state index in [0.29, 0.717) is 0 Å². The van der Waals surface area contributed by atoms with Gasteiger partial charge in [-0.1, -0.05) is 23.7 Å². The summed E-state index contributed by atoms with van der Waals surface area (Å²) in [6.07, 6.45) is 3.81. The predicted octanol–water partition coefficient (Wildman–Crippen LogP) is 2.90. The predicted molar refractivity (Wildman–Crippen MR) is 73.1 cm³/mol. The van der Waals surface area contributed by atoms with Gasteiger partial charge in [0.1, 0.15) is 0 Å². The van der Waals surface area contributed by atoms with Crippen LogP contribution >= 0.6 is 11.6 Å². The van der Waals surface area contributed by atoms with E-state index in [-0.39, 0.29) is 0 Å². The smallest absolute Gasteiger partial charge is 0.0406 e. The SMILES string of the molecule is NCCC1CCCN(Cc2ccc(Cl)cc2)C1. The average Bonchev–Trinajstić information content (AvgIpc) is 2.33. The van der Waals surface area contributed by atoms with Gasteiger partial charge in [0.25, 0.3) is 0 Å². The molecule has 2 N–H and O–H groups in total. The van der Waals surface area contributed by atoms with Crippen LogP contribution in [0.4, 0.5) is 0 Å². The lowest BCUT2D eigenvalue weighted by molar-refractivity contribution is 0.163. The zero-order valence-corrected chi connectivity index (χ0v) is 11.0. The van der Waals surface area contributed by atoms with E-state index in [0.717, 1.165) is 30.5 Å². The molecule has 1 aliphatic rings. The molecule has 1 atom stereocenters. The molecule has 2 rings (SSSR count). The van der Waals surface area contributed by atoms with Gasteiger partial charge in [0.2, 0.25) is 0 Å². The molecule has 3 heteroatoms. The standard InChI is InChI=1S/C14H21ClN2/c15-14-5-3-13(4-6-14)11-17-9-1-2-12(10-17)7-8-16/h3-6,12H,1-2,7-11,16H2. The van der Waals surface area contributed by atoms with Gasteiger partial charge in [0.05, 0.1) is 0 Å². The Morgan fingerprint density at radius 2 is 2.06 bits per heavy atom. The third-order valence-corrected chi connectivity index (χ3v) is 3.75. The summed E-state index contributed by atoms with van der Waals surface area (Å²) >= 11 is 5.89. The Labute approximate surface area is 109 Å². The molecule has 1 heterocycles. The molecule has 0 amide bonds. The highest BCUT2D eigenvalue weighted by atomic mass is 35.5. The van der Waals surface area contributed by atoms with Gasteiger partial charge < -0.3 is 5.73 Å². The average molecular weight is 253 g/mol. The highest BCUT2D eigenvalue weighted by Crippen LogP contribution is 2.21. The summed E-state index contributed by atoms with van der Waals surface area (Å²) in [5, 5.41) is 0.813. The number of halogens is 1. The van der Waals surface area contributed by atoms with Gasteiger partial charge in [-0.05, 0) is 56.0 Å².